The molecule has 0 saturated heterocycles. The number of benzene rings is 1. The molecule has 0 bridgehead atoms. The maximum atomic E-state index is 5.83. The Labute approximate surface area is 110 Å². The van der Waals surface area contributed by atoms with Crippen LogP contribution in [-0.2, 0) is 4.74 Å². The molecule has 2 rings (SSSR count). The van der Waals surface area contributed by atoms with Gasteiger partial charge < -0.3 is 4.74 Å². The molecule has 2 heteroatoms. The summed E-state index contributed by atoms with van der Waals surface area (Å²) in [5.41, 5.74) is 1.32. The molecule has 2 nitrogen and oxygen atoms in total. The monoisotopic (exact) mass is 245 g/mol. The van der Waals surface area contributed by atoms with Crippen LogP contribution in [0.25, 0.3) is 0 Å². The average Bonchev–Trinajstić information content (AvgIpc) is 2.88. The maximum Gasteiger partial charge on any atom is 0.189 e. The van der Waals surface area contributed by atoms with Crippen LogP contribution in [0.1, 0.15) is 51.6 Å². The Morgan fingerprint density at radius 3 is 2.67 bits per heavy atom. The molecule has 1 aliphatic rings. The molecule has 0 N–H and O–H groups in total. The van der Waals surface area contributed by atoms with E-state index in [2.05, 4.69) is 45.0 Å². The standard InChI is InChI=1S/C16H23NO/c1-4-5-11-16(2,3)15-17-14(12-18-15)13-9-7-6-8-10-13/h6-10,14H,4-5,11-12H2,1-3H3. The number of unbranched alkanes of at least 4 members (excludes halogenated alkanes) is 1. The number of hydrogen-bond acceptors (Lipinski definition) is 2. The fourth-order valence-electron chi connectivity index (χ4n) is 2.32. The Bertz CT molecular complexity index is 408. The van der Waals surface area contributed by atoms with Gasteiger partial charge in [0.25, 0.3) is 0 Å². The second-order valence-electron chi connectivity index (χ2n) is 5.66. The van der Waals surface area contributed by atoms with Gasteiger partial charge in [0.2, 0.25) is 0 Å². The minimum absolute atomic E-state index is 0.0690. The van der Waals surface area contributed by atoms with Crippen molar-refractivity contribution in [2.24, 2.45) is 10.4 Å². The highest BCUT2D eigenvalue weighted by Crippen LogP contribution is 2.33. The lowest BCUT2D eigenvalue weighted by Crippen LogP contribution is -2.24. The molecule has 0 aromatic heterocycles. The van der Waals surface area contributed by atoms with Crippen LogP contribution in [0.4, 0.5) is 0 Å². The first kappa shape index (κ1) is 13.1. The molecule has 0 radical (unpaired) electrons. The van der Waals surface area contributed by atoms with Crippen LogP contribution in [0.15, 0.2) is 35.3 Å². The predicted molar refractivity (Wildman–Crippen MR) is 75.9 cm³/mol. The molecule has 0 spiro atoms. The van der Waals surface area contributed by atoms with Crippen molar-refractivity contribution < 1.29 is 4.74 Å². The number of aliphatic imine (C=N–C) groups is 1. The van der Waals surface area contributed by atoms with Crippen LogP contribution in [0, 0.1) is 5.41 Å². The van der Waals surface area contributed by atoms with E-state index in [1.807, 2.05) is 6.07 Å². The fourth-order valence-corrected chi connectivity index (χ4v) is 2.32. The lowest BCUT2D eigenvalue weighted by molar-refractivity contribution is 0.268. The topological polar surface area (TPSA) is 21.6 Å². The van der Waals surface area contributed by atoms with Crippen molar-refractivity contribution in [3.8, 4) is 0 Å². The minimum atomic E-state index is 0.0690. The molecule has 98 valence electrons. The Morgan fingerprint density at radius 1 is 1.28 bits per heavy atom. The van der Waals surface area contributed by atoms with Crippen molar-refractivity contribution >= 4 is 5.90 Å². The first-order valence-electron chi connectivity index (χ1n) is 6.89. The summed E-state index contributed by atoms with van der Waals surface area (Å²) < 4.78 is 5.83. The highest BCUT2D eigenvalue weighted by molar-refractivity contribution is 5.83. The third-order valence-corrected chi connectivity index (χ3v) is 3.57. The third-order valence-electron chi connectivity index (χ3n) is 3.57. The molecule has 1 aromatic carbocycles. The molecule has 0 aliphatic carbocycles. The zero-order chi connectivity index (χ0) is 13.0. The summed E-state index contributed by atoms with van der Waals surface area (Å²) in [5, 5.41) is 0. The first-order valence-corrected chi connectivity index (χ1v) is 6.89. The molecule has 1 aliphatic heterocycles. The van der Waals surface area contributed by atoms with Gasteiger partial charge in [-0.25, -0.2) is 4.99 Å². The van der Waals surface area contributed by atoms with Gasteiger partial charge in [-0.15, -0.1) is 0 Å². The van der Waals surface area contributed by atoms with E-state index in [1.165, 1.54) is 18.4 Å². The third kappa shape index (κ3) is 2.92. The summed E-state index contributed by atoms with van der Waals surface area (Å²) in [6.45, 7) is 7.37. The Balaban J connectivity index is 2.08. The van der Waals surface area contributed by atoms with Gasteiger partial charge >= 0.3 is 0 Å². The van der Waals surface area contributed by atoms with Crippen molar-refractivity contribution in [2.45, 2.75) is 46.1 Å². The second kappa shape index (κ2) is 5.55. The number of rotatable bonds is 5. The Morgan fingerprint density at radius 2 is 2.00 bits per heavy atom. The van der Waals surface area contributed by atoms with Gasteiger partial charge in [-0.05, 0) is 12.0 Å². The largest absolute Gasteiger partial charge is 0.478 e. The van der Waals surface area contributed by atoms with Gasteiger partial charge in [-0.2, -0.15) is 0 Å². The lowest BCUT2D eigenvalue weighted by Gasteiger charge is -2.23. The second-order valence-corrected chi connectivity index (χ2v) is 5.66. The van der Waals surface area contributed by atoms with E-state index in [0.29, 0.717) is 6.61 Å². The van der Waals surface area contributed by atoms with Crippen LogP contribution in [-0.4, -0.2) is 12.5 Å². The van der Waals surface area contributed by atoms with Gasteiger partial charge in [0.1, 0.15) is 12.6 Å². The summed E-state index contributed by atoms with van der Waals surface area (Å²) >= 11 is 0. The molecule has 1 heterocycles. The van der Waals surface area contributed by atoms with Gasteiger partial charge in [-0.3, -0.25) is 0 Å². The SMILES string of the molecule is CCCCC(C)(C)C1=NC(c2ccccc2)CO1. The zero-order valence-corrected chi connectivity index (χ0v) is 11.6. The molecular weight excluding hydrogens is 222 g/mol. The first-order chi connectivity index (χ1) is 8.63. The summed E-state index contributed by atoms with van der Waals surface area (Å²) in [5.74, 6) is 0.935. The quantitative estimate of drug-likeness (QED) is 0.754. The summed E-state index contributed by atoms with van der Waals surface area (Å²) in [4.78, 5) is 4.78. The van der Waals surface area contributed by atoms with Crippen molar-refractivity contribution in [3.63, 3.8) is 0 Å². The normalized spacial score (nSPS) is 19.5. The molecular formula is C16H23NO. The van der Waals surface area contributed by atoms with Gasteiger partial charge in [0, 0.05) is 5.41 Å². The molecule has 18 heavy (non-hydrogen) atoms. The maximum absolute atomic E-state index is 5.83. The molecule has 0 saturated carbocycles. The van der Waals surface area contributed by atoms with Crippen LogP contribution in [0.3, 0.4) is 0 Å². The van der Waals surface area contributed by atoms with Crippen molar-refractivity contribution in [1.29, 1.82) is 0 Å². The minimum Gasteiger partial charge on any atom is -0.478 e. The smallest absolute Gasteiger partial charge is 0.189 e. The van der Waals surface area contributed by atoms with Gasteiger partial charge in [-0.1, -0.05) is 63.9 Å². The molecule has 1 unspecified atom stereocenters. The van der Waals surface area contributed by atoms with E-state index in [9.17, 15) is 0 Å². The summed E-state index contributed by atoms with van der Waals surface area (Å²) in [6, 6.07) is 10.6. The molecule has 1 aromatic rings. The zero-order valence-electron chi connectivity index (χ0n) is 11.6. The van der Waals surface area contributed by atoms with Crippen molar-refractivity contribution in [2.75, 3.05) is 6.61 Å². The highest BCUT2D eigenvalue weighted by atomic mass is 16.5. The number of hydrogen-bond donors (Lipinski definition) is 0. The fraction of sp³-hybridized carbons (Fsp3) is 0.562. The van der Waals surface area contributed by atoms with Gasteiger partial charge in [0.15, 0.2) is 5.90 Å². The average molecular weight is 245 g/mol. The van der Waals surface area contributed by atoms with Crippen LogP contribution in [0.5, 0.6) is 0 Å². The summed E-state index contributed by atoms with van der Waals surface area (Å²) in [7, 11) is 0. The molecule has 0 fully saturated rings. The van der Waals surface area contributed by atoms with Crippen LogP contribution in [0.2, 0.25) is 0 Å². The van der Waals surface area contributed by atoms with E-state index < -0.39 is 0 Å². The summed E-state index contributed by atoms with van der Waals surface area (Å²) in [6.07, 6.45) is 3.59. The van der Waals surface area contributed by atoms with E-state index in [1.54, 1.807) is 0 Å². The predicted octanol–water partition coefficient (Wildman–Crippen LogP) is 4.37. The Kier molecular flexibility index (Phi) is 4.05. The van der Waals surface area contributed by atoms with E-state index >= 15 is 0 Å². The highest BCUT2D eigenvalue weighted by Gasteiger charge is 2.32. The molecule has 1 atom stereocenters. The molecule has 0 amide bonds. The van der Waals surface area contributed by atoms with E-state index in [0.717, 1.165) is 12.3 Å². The lowest BCUT2D eigenvalue weighted by atomic mass is 9.87. The number of nitrogens with zero attached hydrogens (tertiary/aromatic N) is 1. The van der Waals surface area contributed by atoms with Crippen LogP contribution < -0.4 is 0 Å². The van der Waals surface area contributed by atoms with E-state index in [-0.39, 0.29) is 11.5 Å². The van der Waals surface area contributed by atoms with Crippen molar-refractivity contribution in [1.82, 2.24) is 0 Å². The van der Waals surface area contributed by atoms with Gasteiger partial charge in [0.05, 0.1) is 0 Å². The van der Waals surface area contributed by atoms with E-state index in [4.69, 9.17) is 9.73 Å². The van der Waals surface area contributed by atoms with Crippen molar-refractivity contribution in [3.05, 3.63) is 35.9 Å². The number of ether oxygens (including phenoxy) is 1. The Hall–Kier alpha value is -1.31. The van der Waals surface area contributed by atoms with Crippen LogP contribution >= 0.6 is 0 Å².